The summed E-state index contributed by atoms with van der Waals surface area (Å²) in [5.41, 5.74) is 24.8. The van der Waals surface area contributed by atoms with Crippen molar-refractivity contribution in [2.45, 2.75) is 182 Å². The van der Waals surface area contributed by atoms with E-state index in [0.29, 0.717) is 11.8 Å². The molecule has 2 aliphatic carbocycles. The summed E-state index contributed by atoms with van der Waals surface area (Å²) in [5, 5.41) is 18.2. The molecule has 8 rings (SSSR count). The molecule has 0 aromatic heterocycles. The monoisotopic (exact) mass is 1280 g/mol. The van der Waals surface area contributed by atoms with Crippen molar-refractivity contribution in [3.05, 3.63) is 130 Å². The topological polar surface area (TPSA) is 52.0 Å². The molecule has 0 unspecified atom stereocenters. The van der Waals surface area contributed by atoms with Gasteiger partial charge in [0.1, 0.15) is 0 Å². The Kier molecular flexibility index (Phi) is 18.8. The summed E-state index contributed by atoms with van der Waals surface area (Å²) in [6.45, 7) is 59.2. The van der Waals surface area contributed by atoms with E-state index >= 15 is 0 Å². The molecule has 412 valence electrons. The molecule has 6 aromatic carbocycles. The maximum absolute atomic E-state index is 7.04. The van der Waals surface area contributed by atoms with Crippen molar-refractivity contribution in [2.24, 2.45) is 0 Å². The van der Waals surface area contributed by atoms with E-state index in [1.165, 1.54) is 65.3 Å². The largest absolute Gasteiger partial charge is 0.398 e. The molecule has 12 heteroatoms. The number of hydrogen-bond acceptors (Lipinski definition) is 2. The minimum Gasteiger partial charge on any atom is -0.398 e. The predicted octanol–water partition coefficient (Wildman–Crippen LogP) is 16.9. The van der Waals surface area contributed by atoms with Gasteiger partial charge in [-0.3, -0.25) is 0 Å². The van der Waals surface area contributed by atoms with E-state index in [0.717, 1.165) is 24.2 Å². The number of nitrogens with two attached hydrogens (primary N) is 2. The molecule has 2 atom stereocenters. The third-order valence-corrected chi connectivity index (χ3v) is 32.8. The van der Waals surface area contributed by atoms with Crippen LogP contribution in [0.1, 0.15) is 58.1 Å². The zero-order valence-corrected chi connectivity index (χ0v) is 63.2. The lowest BCUT2D eigenvalue weighted by atomic mass is 9.79. The fraction of sp³-hybridized carbons (Fsp3) is 0.438. The summed E-state index contributed by atoms with van der Waals surface area (Å²) >= 11 is 0. The molecule has 0 amide bonds. The second-order valence-electron chi connectivity index (χ2n) is 30.8. The molecule has 6 aromatic rings. The first-order valence-corrected chi connectivity index (χ1v) is 56.0. The normalized spacial score (nSPS) is 16.6. The first-order valence-electron chi connectivity index (χ1n) is 28.0. The molecule has 0 heterocycles. The first-order chi connectivity index (χ1) is 33.6. The number of hydrogen-bond donors (Lipinski definition) is 2. The molecular formula is C64H100Br2N2Si8. The van der Waals surface area contributed by atoms with E-state index in [-0.39, 0.29) is 34.0 Å². The number of allylic oxidation sites excluding steroid dienone is 2. The molecule has 4 N–H and O–H groups in total. The number of nitrogen functional groups attached to an aromatic ring is 2. The van der Waals surface area contributed by atoms with Crippen LogP contribution < -0.4 is 42.6 Å². The Labute approximate surface area is 492 Å². The summed E-state index contributed by atoms with van der Waals surface area (Å²) in [4.78, 5) is 0. The maximum atomic E-state index is 7.04. The molecule has 2 aliphatic rings. The average molecular weight is 1280 g/mol. The lowest BCUT2D eigenvalue weighted by Crippen LogP contribution is -2.41. The van der Waals surface area contributed by atoms with Gasteiger partial charge in [0.05, 0.1) is 64.6 Å². The number of rotatable bonds is 10. The fourth-order valence-electron chi connectivity index (χ4n) is 11.9. The molecule has 0 fully saturated rings. The molecule has 0 saturated carbocycles. The van der Waals surface area contributed by atoms with Crippen LogP contribution in [0.25, 0.3) is 31.9 Å². The van der Waals surface area contributed by atoms with Gasteiger partial charge in [0.15, 0.2) is 0 Å². The third-order valence-electron chi connectivity index (χ3n) is 16.4. The van der Waals surface area contributed by atoms with Gasteiger partial charge < -0.3 is 11.5 Å². The van der Waals surface area contributed by atoms with E-state index in [9.17, 15) is 0 Å². The Morgan fingerprint density at radius 3 is 0.855 bits per heavy atom. The van der Waals surface area contributed by atoms with E-state index in [4.69, 9.17) is 11.5 Å². The van der Waals surface area contributed by atoms with Gasteiger partial charge in [0.2, 0.25) is 0 Å². The number of halogens is 2. The van der Waals surface area contributed by atoms with E-state index in [1.54, 1.807) is 31.1 Å². The van der Waals surface area contributed by atoms with Gasteiger partial charge in [-0.15, -0.1) is 34.0 Å². The van der Waals surface area contributed by atoms with Crippen molar-refractivity contribution in [3.8, 4) is 0 Å². The summed E-state index contributed by atoms with van der Waals surface area (Å²) in [6, 6.07) is 34.4. The van der Waals surface area contributed by atoms with Gasteiger partial charge in [-0.05, 0) is 79.9 Å². The highest BCUT2D eigenvalue weighted by atomic mass is 79.9. The van der Waals surface area contributed by atoms with Crippen molar-refractivity contribution >= 4 is 173 Å². The molecule has 0 aliphatic heterocycles. The number of fused-ring (bicyclic) bond motifs is 4. The summed E-state index contributed by atoms with van der Waals surface area (Å²) in [5.74, 6) is 0.614. The van der Waals surface area contributed by atoms with E-state index in [1.807, 2.05) is 0 Å². The Morgan fingerprint density at radius 1 is 0.316 bits per heavy atom. The van der Waals surface area contributed by atoms with Crippen LogP contribution in [-0.2, 0) is 0 Å². The fourth-order valence-corrected chi connectivity index (χ4v) is 23.3. The Hall–Kier alpha value is -2.38. The molecule has 0 radical (unpaired) electrons. The van der Waals surface area contributed by atoms with Crippen LogP contribution in [-0.4, -0.2) is 64.6 Å². The predicted molar refractivity (Wildman–Crippen MR) is 384 cm³/mol. The Morgan fingerprint density at radius 2 is 0.592 bits per heavy atom. The zero-order valence-electron chi connectivity index (χ0n) is 51.8. The molecule has 0 saturated heterocycles. The van der Waals surface area contributed by atoms with Crippen LogP contribution >= 0.6 is 34.0 Å². The molecule has 76 heavy (non-hydrogen) atoms. The minimum absolute atomic E-state index is 0. The van der Waals surface area contributed by atoms with Gasteiger partial charge in [-0.1, -0.05) is 284 Å². The summed E-state index contributed by atoms with van der Waals surface area (Å²) in [7, 11) is -11.9. The molecule has 0 spiro atoms. The summed E-state index contributed by atoms with van der Waals surface area (Å²) in [6.07, 6.45) is 7.25. The zero-order chi connectivity index (χ0) is 55.4. The first kappa shape index (κ1) is 64.4. The van der Waals surface area contributed by atoms with Gasteiger partial charge in [0.25, 0.3) is 0 Å². The van der Waals surface area contributed by atoms with Crippen LogP contribution in [0, 0.1) is 0 Å². The Balaban J connectivity index is 0.000000274. The second kappa shape index (κ2) is 22.2. The van der Waals surface area contributed by atoms with Crippen molar-refractivity contribution < 1.29 is 0 Å². The van der Waals surface area contributed by atoms with Crippen molar-refractivity contribution in [1.82, 2.24) is 0 Å². The van der Waals surface area contributed by atoms with Crippen LogP contribution in [0.2, 0.25) is 157 Å². The van der Waals surface area contributed by atoms with Crippen molar-refractivity contribution in [2.75, 3.05) is 11.5 Å². The number of benzene rings is 6. The number of anilines is 2. The highest BCUT2D eigenvalue weighted by Gasteiger charge is 2.36. The van der Waals surface area contributed by atoms with E-state index < -0.39 is 64.6 Å². The summed E-state index contributed by atoms with van der Waals surface area (Å²) < 4.78 is 0. The van der Waals surface area contributed by atoms with Crippen molar-refractivity contribution in [1.29, 1.82) is 0 Å². The lowest BCUT2D eigenvalue weighted by molar-refractivity contribution is 0.827. The van der Waals surface area contributed by atoms with Crippen LogP contribution in [0.5, 0.6) is 0 Å². The lowest BCUT2D eigenvalue weighted by Gasteiger charge is -2.35. The molecular weight excluding hydrogens is 1180 g/mol. The smallest absolute Gasteiger partial charge is 0.0785 e. The van der Waals surface area contributed by atoms with Crippen LogP contribution in [0.4, 0.5) is 11.4 Å². The standard InChI is InChI=1S/2C32H49NSi4.2BrH/c2*1-34(2,3)22-13-15-24-25(17-18-30(27(24)19-22)36(7,8)9)32-26-16-14-23(35(4,5)6)20-28(26)31(21-29(32)33)37(10,11)12;;/h2*13-16,18-21,25H,17,33H2,1-12H3;2*1H/t2*25-;;/m11../s1. The Bertz CT molecular complexity index is 3010. The van der Waals surface area contributed by atoms with Crippen molar-refractivity contribution in [3.63, 3.8) is 0 Å². The SMILES string of the molecule is Br.Br.C[Si](C)(C)C1=CC[C@@H](c2c(N)cc([Si](C)(C)C)c3cc([Si](C)(C)C)ccc23)c2ccc([Si](C)(C)C)cc21.C[Si](C)(C)C1=CC[C@@H](c2c(N)cc([Si](C)(C)C)c3cc([Si](C)(C)C)ccc23)c2ccc([Si](C)(C)C)cc21. The average Bonchev–Trinajstić information content (AvgIpc) is 3.25. The van der Waals surface area contributed by atoms with Gasteiger partial charge in [-0.2, -0.15) is 0 Å². The molecule has 2 nitrogen and oxygen atoms in total. The van der Waals surface area contributed by atoms with Crippen LogP contribution in [0.3, 0.4) is 0 Å². The maximum Gasteiger partial charge on any atom is 0.0785 e. The minimum atomic E-state index is -1.59. The highest BCUT2D eigenvalue weighted by Crippen LogP contribution is 2.47. The third kappa shape index (κ3) is 13.3. The van der Waals surface area contributed by atoms with Crippen LogP contribution in [0.15, 0.2) is 97.1 Å². The van der Waals surface area contributed by atoms with Gasteiger partial charge in [-0.25, -0.2) is 0 Å². The second-order valence-corrected chi connectivity index (χ2v) is 71.3. The van der Waals surface area contributed by atoms with Gasteiger partial charge in [0, 0.05) is 23.2 Å². The quantitative estimate of drug-likeness (QED) is 0.106. The highest BCUT2D eigenvalue weighted by molar-refractivity contribution is 8.93. The van der Waals surface area contributed by atoms with Gasteiger partial charge >= 0.3 is 0 Å². The van der Waals surface area contributed by atoms with E-state index in [2.05, 4.69) is 254 Å². The molecule has 0 bridgehead atoms.